The van der Waals surface area contributed by atoms with Gasteiger partial charge in [-0.15, -0.1) is 0 Å². The molecule has 1 saturated heterocycles. The van der Waals surface area contributed by atoms with Crippen LogP contribution in [0.4, 0.5) is 5.82 Å². The zero-order chi connectivity index (χ0) is 25.0. The van der Waals surface area contributed by atoms with Crippen molar-refractivity contribution in [3.05, 3.63) is 84.3 Å². The molecule has 2 aromatic carbocycles. The molecule has 4 heterocycles. The Bertz CT molecular complexity index is 1430. The molecule has 0 N–H and O–H groups in total. The van der Waals surface area contributed by atoms with Gasteiger partial charge >= 0.3 is 0 Å². The van der Waals surface area contributed by atoms with E-state index in [9.17, 15) is 0 Å². The number of hydrogen-bond acceptors (Lipinski definition) is 8. The van der Waals surface area contributed by atoms with Crippen LogP contribution < -0.4 is 14.4 Å². The van der Waals surface area contributed by atoms with Crippen LogP contribution in [0, 0.1) is 11.3 Å². The van der Waals surface area contributed by atoms with Crippen molar-refractivity contribution in [2.45, 2.75) is 6.54 Å². The predicted molar refractivity (Wildman–Crippen MR) is 140 cm³/mol. The molecule has 1 fully saturated rings. The second-order valence-corrected chi connectivity index (χ2v) is 9.06. The quantitative estimate of drug-likeness (QED) is 0.412. The van der Waals surface area contributed by atoms with Gasteiger partial charge in [-0.1, -0.05) is 54.6 Å². The maximum atomic E-state index is 9.07. The molecule has 8 nitrogen and oxygen atoms in total. The number of anilines is 1. The normalized spacial score (nSPS) is 15.3. The number of nitriles is 1. The molecule has 6 rings (SSSR count). The van der Waals surface area contributed by atoms with Crippen molar-refractivity contribution in [3.63, 3.8) is 0 Å². The summed E-state index contributed by atoms with van der Waals surface area (Å²) >= 11 is 0. The number of benzene rings is 2. The van der Waals surface area contributed by atoms with E-state index in [-0.39, 0.29) is 5.82 Å². The average molecular weight is 491 g/mol. The molecule has 0 bridgehead atoms. The molecule has 0 radical (unpaired) electrons. The molecule has 0 spiro atoms. The smallest absolute Gasteiger partial charge is 0.257 e. The third-order valence-corrected chi connectivity index (χ3v) is 6.69. The first-order valence-corrected chi connectivity index (χ1v) is 12.4. The van der Waals surface area contributed by atoms with Gasteiger partial charge in [-0.3, -0.25) is 4.90 Å². The Balaban J connectivity index is 1.18. The van der Waals surface area contributed by atoms with E-state index in [4.69, 9.17) is 19.7 Å². The molecule has 37 heavy (non-hydrogen) atoms. The Hall–Kier alpha value is -4.48. The first-order chi connectivity index (χ1) is 18.3. The van der Waals surface area contributed by atoms with Crippen LogP contribution in [0.3, 0.4) is 0 Å². The number of aromatic nitrogens is 3. The van der Waals surface area contributed by atoms with E-state index >= 15 is 0 Å². The molecule has 184 valence electrons. The summed E-state index contributed by atoms with van der Waals surface area (Å²) in [6.45, 7) is 5.51. The van der Waals surface area contributed by atoms with Crippen molar-refractivity contribution in [1.82, 2.24) is 19.9 Å². The van der Waals surface area contributed by atoms with Crippen LogP contribution in [0.15, 0.2) is 72.9 Å². The van der Waals surface area contributed by atoms with Gasteiger partial charge in [0.15, 0.2) is 5.75 Å². The number of piperazine rings is 1. The summed E-state index contributed by atoms with van der Waals surface area (Å²) in [7, 11) is 0. The van der Waals surface area contributed by atoms with Crippen LogP contribution in [0.25, 0.3) is 22.4 Å². The van der Waals surface area contributed by atoms with Gasteiger partial charge in [0.25, 0.3) is 5.88 Å². The molecule has 4 aromatic rings. The minimum atomic E-state index is 0.212. The fourth-order valence-corrected chi connectivity index (χ4v) is 4.77. The van der Waals surface area contributed by atoms with Crippen LogP contribution >= 0.6 is 0 Å². The lowest BCUT2D eigenvalue weighted by molar-refractivity contribution is 0.165. The van der Waals surface area contributed by atoms with Gasteiger partial charge in [0.2, 0.25) is 5.82 Å². The van der Waals surface area contributed by atoms with Gasteiger partial charge in [-0.2, -0.15) is 5.26 Å². The first kappa shape index (κ1) is 23.0. The minimum Gasteiger partial charge on any atom is -0.484 e. The van der Waals surface area contributed by atoms with E-state index in [2.05, 4.69) is 56.2 Å². The molecule has 8 heteroatoms. The summed E-state index contributed by atoms with van der Waals surface area (Å²) in [4.78, 5) is 17.8. The van der Waals surface area contributed by atoms with Gasteiger partial charge in [0, 0.05) is 50.0 Å². The van der Waals surface area contributed by atoms with E-state index in [1.54, 1.807) is 6.20 Å². The molecule has 2 aliphatic rings. The number of ether oxygens (including phenoxy) is 2. The lowest BCUT2D eigenvalue weighted by Gasteiger charge is -2.35. The van der Waals surface area contributed by atoms with Crippen molar-refractivity contribution in [1.29, 1.82) is 5.26 Å². The molecule has 2 aromatic heterocycles. The predicted octanol–water partition coefficient (Wildman–Crippen LogP) is 4.17. The highest BCUT2D eigenvalue weighted by Crippen LogP contribution is 2.39. The lowest BCUT2D eigenvalue weighted by Crippen LogP contribution is -2.46. The molecule has 2 aliphatic heterocycles. The number of hydrogen-bond donors (Lipinski definition) is 0. The largest absolute Gasteiger partial charge is 0.484 e. The zero-order valence-electron chi connectivity index (χ0n) is 20.4. The molecule has 0 atom stereocenters. The molecule has 0 aliphatic carbocycles. The van der Waals surface area contributed by atoms with Crippen LogP contribution in [0.1, 0.15) is 11.4 Å². The Labute approximate surface area is 215 Å². The van der Waals surface area contributed by atoms with E-state index in [0.29, 0.717) is 24.8 Å². The summed E-state index contributed by atoms with van der Waals surface area (Å²) in [6.07, 6.45) is 1.65. The summed E-state index contributed by atoms with van der Waals surface area (Å²) in [5.41, 5.74) is 5.31. The van der Waals surface area contributed by atoms with Gasteiger partial charge in [-0.25, -0.2) is 15.0 Å². The third-order valence-electron chi connectivity index (χ3n) is 6.69. The van der Waals surface area contributed by atoms with Crippen molar-refractivity contribution >= 4 is 5.82 Å². The third kappa shape index (κ3) is 4.95. The summed E-state index contributed by atoms with van der Waals surface area (Å²) < 4.78 is 11.6. The summed E-state index contributed by atoms with van der Waals surface area (Å²) in [5, 5.41) is 9.07. The van der Waals surface area contributed by atoms with Crippen LogP contribution in [0.5, 0.6) is 11.6 Å². The standard InChI is InChI=1S/C29H26N6O2/c30-19-26-31-11-10-27(32-26)35-14-12-34(13-15-35)20-21-6-8-22(9-7-21)24-18-25-29(37-17-16-36-25)33-28(24)23-4-2-1-3-5-23/h1-11,18H,12-17,20H2. The highest BCUT2D eigenvalue weighted by atomic mass is 16.6. The van der Waals surface area contributed by atoms with Crippen LogP contribution in [-0.2, 0) is 6.54 Å². The second-order valence-electron chi connectivity index (χ2n) is 9.06. The van der Waals surface area contributed by atoms with Crippen molar-refractivity contribution in [3.8, 4) is 40.1 Å². The minimum absolute atomic E-state index is 0.212. The number of nitrogens with zero attached hydrogens (tertiary/aromatic N) is 6. The maximum absolute atomic E-state index is 9.07. The van der Waals surface area contributed by atoms with Gasteiger partial charge in [-0.05, 0) is 23.3 Å². The first-order valence-electron chi connectivity index (χ1n) is 12.4. The number of fused-ring (bicyclic) bond motifs is 1. The fourth-order valence-electron chi connectivity index (χ4n) is 4.77. The van der Waals surface area contributed by atoms with Gasteiger partial charge in [0.05, 0.1) is 5.69 Å². The summed E-state index contributed by atoms with van der Waals surface area (Å²) in [5.74, 6) is 2.27. The highest BCUT2D eigenvalue weighted by molar-refractivity contribution is 5.82. The molecular weight excluding hydrogens is 464 g/mol. The molecular formula is C29H26N6O2. The average Bonchev–Trinajstić information content (AvgIpc) is 2.98. The monoisotopic (exact) mass is 490 g/mol. The number of pyridine rings is 1. The molecule has 0 saturated carbocycles. The van der Waals surface area contributed by atoms with E-state index in [1.807, 2.05) is 36.4 Å². The van der Waals surface area contributed by atoms with Gasteiger partial charge in [0.1, 0.15) is 25.1 Å². The Morgan fingerprint density at radius 2 is 1.62 bits per heavy atom. The molecule has 0 unspecified atom stereocenters. The van der Waals surface area contributed by atoms with E-state index in [1.165, 1.54) is 5.56 Å². The fraction of sp³-hybridized carbons (Fsp3) is 0.241. The van der Waals surface area contributed by atoms with Crippen LogP contribution in [-0.4, -0.2) is 59.2 Å². The Morgan fingerprint density at radius 3 is 2.41 bits per heavy atom. The maximum Gasteiger partial charge on any atom is 0.257 e. The van der Waals surface area contributed by atoms with E-state index in [0.717, 1.165) is 60.9 Å². The van der Waals surface area contributed by atoms with Crippen molar-refractivity contribution in [2.75, 3.05) is 44.3 Å². The second kappa shape index (κ2) is 10.2. The van der Waals surface area contributed by atoms with E-state index < -0.39 is 0 Å². The van der Waals surface area contributed by atoms with Gasteiger partial charge < -0.3 is 14.4 Å². The topological polar surface area (TPSA) is 87.4 Å². The SMILES string of the molecule is N#Cc1nccc(N2CCN(Cc3ccc(-c4cc5c(nc4-c4ccccc4)OCCO5)cc3)CC2)n1. The van der Waals surface area contributed by atoms with Crippen molar-refractivity contribution < 1.29 is 9.47 Å². The number of rotatable bonds is 5. The van der Waals surface area contributed by atoms with Crippen LogP contribution in [0.2, 0.25) is 0 Å². The summed E-state index contributed by atoms with van der Waals surface area (Å²) in [6, 6.07) is 24.8. The highest BCUT2D eigenvalue weighted by Gasteiger charge is 2.21. The van der Waals surface area contributed by atoms with Crippen molar-refractivity contribution in [2.24, 2.45) is 0 Å². The Morgan fingerprint density at radius 1 is 0.838 bits per heavy atom. The molecule has 0 amide bonds. The zero-order valence-corrected chi connectivity index (χ0v) is 20.4. The Kier molecular flexibility index (Phi) is 6.36. The lowest BCUT2D eigenvalue weighted by atomic mass is 9.98.